The number of nitrogens with two attached hydrogens (primary N) is 1. The van der Waals surface area contributed by atoms with Crippen molar-refractivity contribution in [3.8, 4) is 11.8 Å². The number of ether oxygens (including phenoxy) is 2. The van der Waals surface area contributed by atoms with E-state index in [0.29, 0.717) is 0 Å². The highest BCUT2D eigenvalue weighted by atomic mass is 16.6. The van der Waals surface area contributed by atoms with Crippen LogP contribution in [-0.4, -0.2) is 34.1 Å². The molecule has 2 N–H and O–H groups in total. The molecule has 0 spiro atoms. The first-order valence-electron chi connectivity index (χ1n) is 7.01. The van der Waals surface area contributed by atoms with Crippen LogP contribution in [0.5, 0.6) is 11.8 Å². The van der Waals surface area contributed by atoms with E-state index in [1.807, 2.05) is 0 Å². The molecule has 8 nitrogen and oxygen atoms in total. The summed E-state index contributed by atoms with van der Waals surface area (Å²) in [6.45, 7) is 0.202. The first-order valence-corrected chi connectivity index (χ1v) is 7.01. The zero-order valence-electron chi connectivity index (χ0n) is 12.1. The van der Waals surface area contributed by atoms with Crippen LogP contribution in [0.15, 0.2) is 6.33 Å². The maximum Gasteiger partial charge on any atom is 0.392 e. The fourth-order valence-electron chi connectivity index (χ4n) is 2.55. The van der Waals surface area contributed by atoms with Gasteiger partial charge in [-0.15, -0.1) is 0 Å². The first-order chi connectivity index (χ1) is 10.1. The summed E-state index contributed by atoms with van der Waals surface area (Å²) in [5.74, 6) is -0.210. The van der Waals surface area contributed by atoms with Crippen molar-refractivity contribution in [2.24, 2.45) is 5.73 Å². The van der Waals surface area contributed by atoms with Gasteiger partial charge in [-0.1, -0.05) is 25.7 Å². The molecule has 0 bridgehead atoms. The Hall–Kier alpha value is -1.96. The molecule has 1 saturated carbocycles. The van der Waals surface area contributed by atoms with Crippen LogP contribution in [0.3, 0.4) is 0 Å². The number of nitro groups is 1. The normalized spacial score (nSPS) is 17.8. The van der Waals surface area contributed by atoms with Crippen molar-refractivity contribution in [2.75, 3.05) is 13.7 Å². The van der Waals surface area contributed by atoms with Crippen LogP contribution in [0.25, 0.3) is 0 Å². The summed E-state index contributed by atoms with van der Waals surface area (Å²) in [7, 11) is 1.31. The van der Waals surface area contributed by atoms with Crippen molar-refractivity contribution < 1.29 is 14.4 Å². The molecule has 0 radical (unpaired) electrons. The number of aromatic nitrogens is 2. The Labute approximate surface area is 122 Å². The van der Waals surface area contributed by atoms with E-state index in [-0.39, 0.29) is 24.1 Å². The molecule has 21 heavy (non-hydrogen) atoms. The first kappa shape index (κ1) is 15.4. The Morgan fingerprint density at radius 1 is 1.29 bits per heavy atom. The Balaban J connectivity index is 2.14. The molecule has 0 aliphatic heterocycles. The van der Waals surface area contributed by atoms with Gasteiger partial charge < -0.3 is 15.2 Å². The Morgan fingerprint density at radius 2 is 1.90 bits per heavy atom. The van der Waals surface area contributed by atoms with Crippen LogP contribution in [0, 0.1) is 10.1 Å². The maximum absolute atomic E-state index is 11.1. The molecule has 0 amide bonds. The van der Waals surface area contributed by atoms with Gasteiger partial charge in [-0.25, -0.2) is 0 Å². The Kier molecular flexibility index (Phi) is 4.89. The lowest BCUT2D eigenvalue weighted by atomic mass is 9.93. The fraction of sp³-hybridized carbons (Fsp3) is 0.692. The second-order valence-electron chi connectivity index (χ2n) is 5.36. The van der Waals surface area contributed by atoms with E-state index in [0.717, 1.165) is 25.7 Å². The minimum Gasteiger partial charge on any atom is -0.476 e. The molecule has 1 aromatic rings. The molecule has 1 aromatic heterocycles. The van der Waals surface area contributed by atoms with Gasteiger partial charge in [0.15, 0.2) is 0 Å². The lowest BCUT2D eigenvalue weighted by molar-refractivity contribution is -0.387. The van der Waals surface area contributed by atoms with Crippen LogP contribution >= 0.6 is 0 Å². The van der Waals surface area contributed by atoms with Crippen LogP contribution in [0.2, 0.25) is 0 Å². The molecule has 0 atom stereocenters. The molecule has 8 heteroatoms. The number of rotatable bonds is 5. The van der Waals surface area contributed by atoms with Crippen LogP contribution < -0.4 is 15.2 Å². The highest BCUT2D eigenvalue weighted by Gasteiger charge is 2.31. The second-order valence-corrected chi connectivity index (χ2v) is 5.36. The number of nitrogens with zero attached hydrogens (tertiary/aromatic N) is 3. The molecular formula is C13H20N4O4. The predicted molar refractivity (Wildman–Crippen MR) is 75.4 cm³/mol. The summed E-state index contributed by atoms with van der Waals surface area (Å²) in [4.78, 5) is 18.1. The van der Waals surface area contributed by atoms with Crippen LogP contribution in [0.1, 0.15) is 38.5 Å². The van der Waals surface area contributed by atoms with E-state index in [1.165, 1.54) is 26.3 Å². The molecule has 1 aliphatic carbocycles. The largest absolute Gasteiger partial charge is 0.476 e. The molecule has 0 aromatic carbocycles. The number of hydrogen-bond donors (Lipinski definition) is 1. The summed E-state index contributed by atoms with van der Waals surface area (Å²) in [5, 5.41) is 11.1. The van der Waals surface area contributed by atoms with Crippen LogP contribution in [-0.2, 0) is 0 Å². The lowest BCUT2D eigenvalue weighted by Gasteiger charge is -2.27. The average Bonchev–Trinajstić information content (AvgIpc) is 2.69. The zero-order valence-corrected chi connectivity index (χ0v) is 12.1. The van der Waals surface area contributed by atoms with Gasteiger partial charge in [-0.2, -0.15) is 9.97 Å². The third-order valence-electron chi connectivity index (χ3n) is 3.73. The molecule has 116 valence electrons. The Morgan fingerprint density at radius 3 is 2.48 bits per heavy atom. The van der Waals surface area contributed by atoms with Crippen molar-refractivity contribution in [2.45, 2.75) is 44.1 Å². The predicted octanol–water partition coefficient (Wildman–Crippen LogP) is 1.82. The topological polar surface area (TPSA) is 113 Å². The van der Waals surface area contributed by atoms with Gasteiger partial charge in [-0.3, -0.25) is 10.1 Å². The minimum atomic E-state index is -0.607. The summed E-state index contributed by atoms with van der Waals surface area (Å²) < 4.78 is 10.4. The van der Waals surface area contributed by atoms with Gasteiger partial charge in [0.05, 0.1) is 17.6 Å². The number of methoxy groups -OCH3 is 1. The fourth-order valence-corrected chi connectivity index (χ4v) is 2.55. The van der Waals surface area contributed by atoms with Gasteiger partial charge in [0.1, 0.15) is 12.9 Å². The highest BCUT2D eigenvalue weighted by molar-refractivity contribution is 5.49. The van der Waals surface area contributed by atoms with Crippen molar-refractivity contribution in [1.82, 2.24) is 9.97 Å². The van der Waals surface area contributed by atoms with Gasteiger partial charge in [-0.05, 0) is 12.8 Å². The Bertz CT molecular complexity index is 501. The van der Waals surface area contributed by atoms with Crippen molar-refractivity contribution in [1.29, 1.82) is 0 Å². The van der Waals surface area contributed by atoms with E-state index in [4.69, 9.17) is 15.2 Å². The van der Waals surface area contributed by atoms with E-state index < -0.39 is 10.5 Å². The van der Waals surface area contributed by atoms with Crippen molar-refractivity contribution in [3.63, 3.8) is 0 Å². The smallest absolute Gasteiger partial charge is 0.392 e. The number of hydrogen-bond acceptors (Lipinski definition) is 7. The van der Waals surface area contributed by atoms with Gasteiger partial charge in [0.25, 0.3) is 0 Å². The lowest BCUT2D eigenvalue weighted by Crippen LogP contribution is -2.45. The molecule has 2 rings (SSSR count). The molecular weight excluding hydrogens is 276 g/mol. The van der Waals surface area contributed by atoms with Crippen molar-refractivity contribution in [3.05, 3.63) is 16.4 Å². The van der Waals surface area contributed by atoms with Crippen LogP contribution in [0.4, 0.5) is 5.69 Å². The van der Waals surface area contributed by atoms with E-state index >= 15 is 0 Å². The highest BCUT2D eigenvalue weighted by Crippen LogP contribution is 2.33. The minimum absolute atomic E-state index is 0.0964. The molecule has 0 unspecified atom stereocenters. The standard InChI is InChI=1S/C13H20N4O4/c1-20-11-10(17(18)19)12(16-9-15-11)21-8-13(14)6-4-2-3-5-7-13/h9H,2-8,14H2,1H3. The quantitative estimate of drug-likeness (QED) is 0.500. The monoisotopic (exact) mass is 296 g/mol. The summed E-state index contributed by atoms with van der Waals surface area (Å²) >= 11 is 0. The summed E-state index contributed by atoms with van der Waals surface area (Å²) in [6.07, 6.45) is 7.31. The van der Waals surface area contributed by atoms with E-state index in [9.17, 15) is 10.1 Å². The maximum atomic E-state index is 11.1. The summed E-state index contributed by atoms with van der Waals surface area (Å²) in [6, 6.07) is 0. The molecule has 0 saturated heterocycles. The van der Waals surface area contributed by atoms with E-state index in [1.54, 1.807) is 0 Å². The third-order valence-corrected chi connectivity index (χ3v) is 3.73. The van der Waals surface area contributed by atoms with Gasteiger partial charge >= 0.3 is 17.4 Å². The second kappa shape index (κ2) is 6.66. The van der Waals surface area contributed by atoms with Gasteiger partial charge in [0, 0.05) is 0 Å². The SMILES string of the molecule is COc1ncnc(OCC2(N)CCCCCC2)c1[N+](=O)[O-]. The average molecular weight is 296 g/mol. The van der Waals surface area contributed by atoms with Gasteiger partial charge in [0.2, 0.25) is 0 Å². The van der Waals surface area contributed by atoms with E-state index in [2.05, 4.69) is 9.97 Å². The molecule has 1 fully saturated rings. The molecule has 1 heterocycles. The summed E-state index contributed by atoms with van der Waals surface area (Å²) in [5.41, 5.74) is 5.51. The zero-order chi connectivity index (χ0) is 15.3. The van der Waals surface area contributed by atoms with Crippen molar-refractivity contribution >= 4 is 5.69 Å². The molecule has 1 aliphatic rings. The third kappa shape index (κ3) is 3.78.